The summed E-state index contributed by atoms with van der Waals surface area (Å²) in [5, 5.41) is 0. The maximum Gasteiger partial charge on any atom is 0.159 e. The molecule has 4 aliphatic carbocycles. The van der Waals surface area contributed by atoms with Gasteiger partial charge in [0, 0.05) is 18.4 Å². The van der Waals surface area contributed by atoms with E-state index in [2.05, 4.69) is 57.7 Å². The molecule has 176 valence electrons. The number of benzene rings is 1. The van der Waals surface area contributed by atoms with Gasteiger partial charge in [-0.3, -0.25) is 9.59 Å². The third-order valence-electron chi connectivity index (χ3n) is 10.6. The van der Waals surface area contributed by atoms with Crippen molar-refractivity contribution in [1.82, 2.24) is 0 Å². The van der Waals surface area contributed by atoms with Crippen LogP contribution in [0.4, 0.5) is 0 Å². The van der Waals surface area contributed by atoms with Crippen LogP contribution in [-0.2, 0) is 9.59 Å². The van der Waals surface area contributed by atoms with Gasteiger partial charge in [-0.2, -0.15) is 0 Å². The zero-order valence-electron chi connectivity index (χ0n) is 20.7. The van der Waals surface area contributed by atoms with Crippen molar-refractivity contribution in [2.75, 3.05) is 0 Å². The first-order valence-corrected chi connectivity index (χ1v) is 13.3. The molecule has 0 N–H and O–H groups in total. The zero-order chi connectivity index (χ0) is 23.4. The van der Waals surface area contributed by atoms with Crippen LogP contribution in [0.1, 0.15) is 84.1 Å². The third-order valence-corrected chi connectivity index (χ3v) is 10.6. The largest absolute Gasteiger partial charge is 0.295 e. The second kappa shape index (κ2) is 8.36. The van der Waals surface area contributed by atoms with Crippen molar-refractivity contribution in [1.29, 1.82) is 0 Å². The molecule has 0 saturated heterocycles. The Labute approximate surface area is 199 Å². The van der Waals surface area contributed by atoms with E-state index in [0.717, 1.165) is 24.3 Å². The Morgan fingerprint density at radius 2 is 1.82 bits per heavy atom. The number of ketones is 2. The van der Waals surface area contributed by atoms with Gasteiger partial charge in [-0.05, 0) is 103 Å². The fourth-order valence-electron chi connectivity index (χ4n) is 8.78. The Morgan fingerprint density at radius 1 is 1.06 bits per heavy atom. The molecule has 0 aliphatic heterocycles. The van der Waals surface area contributed by atoms with Gasteiger partial charge in [-0.1, -0.05) is 57.7 Å². The van der Waals surface area contributed by atoms with Crippen LogP contribution in [0.5, 0.6) is 0 Å². The van der Waals surface area contributed by atoms with Crippen LogP contribution in [0.2, 0.25) is 0 Å². The van der Waals surface area contributed by atoms with Crippen LogP contribution in [-0.4, -0.2) is 11.6 Å². The molecule has 0 heterocycles. The number of carbonyl (C=O) groups is 2. The average molecular weight is 445 g/mol. The molecule has 2 nitrogen and oxygen atoms in total. The molecule has 4 aliphatic rings. The van der Waals surface area contributed by atoms with Crippen molar-refractivity contribution in [2.24, 2.45) is 40.4 Å². The summed E-state index contributed by atoms with van der Waals surface area (Å²) in [6, 6.07) is 10.6. The molecular formula is C31H40O2. The van der Waals surface area contributed by atoms with E-state index in [-0.39, 0.29) is 17.0 Å². The maximum atomic E-state index is 13.2. The lowest BCUT2D eigenvalue weighted by Crippen LogP contribution is -2.53. The molecule has 0 unspecified atom stereocenters. The number of allylic oxidation sites excluding steroid dienone is 2. The molecule has 0 spiro atoms. The summed E-state index contributed by atoms with van der Waals surface area (Å²) in [5.74, 6) is 3.56. The summed E-state index contributed by atoms with van der Waals surface area (Å²) in [4.78, 5) is 25.3. The quantitative estimate of drug-likeness (QED) is 0.473. The van der Waals surface area contributed by atoms with Crippen molar-refractivity contribution in [3.63, 3.8) is 0 Å². The van der Waals surface area contributed by atoms with Crippen LogP contribution in [0, 0.1) is 40.4 Å². The first-order chi connectivity index (χ1) is 15.7. The predicted molar refractivity (Wildman–Crippen MR) is 134 cm³/mol. The van der Waals surface area contributed by atoms with E-state index in [4.69, 9.17) is 0 Å². The second-order valence-electron chi connectivity index (χ2n) is 12.2. The molecule has 2 heteroatoms. The predicted octanol–water partition coefficient (Wildman–Crippen LogP) is 7.44. The zero-order valence-corrected chi connectivity index (χ0v) is 20.7. The van der Waals surface area contributed by atoms with Crippen molar-refractivity contribution < 1.29 is 9.59 Å². The van der Waals surface area contributed by atoms with Gasteiger partial charge in [0.05, 0.1) is 0 Å². The summed E-state index contributed by atoms with van der Waals surface area (Å²) in [7, 11) is 0. The Balaban J connectivity index is 1.31. The first kappa shape index (κ1) is 22.8. The lowest BCUT2D eigenvalue weighted by Gasteiger charge is -2.57. The fraction of sp³-hybridized carbons (Fsp3) is 0.613. The highest BCUT2D eigenvalue weighted by Crippen LogP contribution is 2.67. The number of hydrogen-bond donors (Lipinski definition) is 0. The molecule has 1 aromatic carbocycles. The van der Waals surface area contributed by atoms with E-state index in [9.17, 15) is 9.59 Å². The minimum atomic E-state index is -0.0770. The van der Waals surface area contributed by atoms with Gasteiger partial charge in [0.25, 0.3) is 0 Å². The SMILES string of the molecule is C=C(CC[C@@H](C)[C@H]1CC[C@H]2[C@@H]3CC(=O)C4=CC(=O)CC[C@]4(C)[C@H]3CC[C@]12C)c1ccccc1. The van der Waals surface area contributed by atoms with E-state index in [1.165, 1.54) is 43.2 Å². The van der Waals surface area contributed by atoms with Gasteiger partial charge in [0.2, 0.25) is 0 Å². The van der Waals surface area contributed by atoms with Crippen LogP contribution in [0.15, 0.2) is 48.6 Å². The highest BCUT2D eigenvalue weighted by atomic mass is 16.1. The Morgan fingerprint density at radius 3 is 2.58 bits per heavy atom. The highest BCUT2D eigenvalue weighted by Gasteiger charge is 2.60. The Kier molecular flexibility index (Phi) is 5.78. The average Bonchev–Trinajstić information content (AvgIpc) is 3.16. The van der Waals surface area contributed by atoms with Crippen molar-refractivity contribution in [3.8, 4) is 0 Å². The van der Waals surface area contributed by atoms with E-state index in [1.807, 2.05) is 0 Å². The summed E-state index contributed by atoms with van der Waals surface area (Å²) >= 11 is 0. The molecule has 0 bridgehead atoms. The van der Waals surface area contributed by atoms with Crippen molar-refractivity contribution in [2.45, 2.75) is 78.6 Å². The molecule has 7 atom stereocenters. The summed E-state index contributed by atoms with van der Waals surface area (Å²) < 4.78 is 0. The number of fused-ring (bicyclic) bond motifs is 5. The van der Waals surface area contributed by atoms with Gasteiger partial charge in [-0.15, -0.1) is 0 Å². The van der Waals surface area contributed by atoms with Crippen LogP contribution in [0.25, 0.3) is 5.57 Å². The van der Waals surface area contributed by atoms with E-state index < -0.39 is 0 Å². The van der Waals surface area contributed by atoms with Gasteiger partial charge >= 0.3 is 0 Å². The monoisotopic (exact) mass is 444 g/mol. The molecule has 3 fully saturated rings. The maximum absolute atomic E-state index is 13.2. The molecule has 3 saturated carbocycles. The normalized spacial score (nSPS) is 38.7. The lowest BCUT2D eigenvalue weighted by atomic mass is 9.46. The summed E-state index contributed by atoms with van der Waals surface area (Å²) in [5.41, 5.74) is 3.65. The Bertz CT molecular complexity index is 987. The fourth-order valence-corrected chi connectivity index (χ4v) is 8.78. The van der Waals surface area contributed by atoms with E-state index >= 15 is 0 Å². The lowest BCUT2D eigenvalue weighted by molar-refractivity contribution is -0.131. The number of carbonyl (C=O) groups excluding carboxylic acids is 2. The molecule has 1 aromatic rings. The van der Waals surface area contributed by atoms with E-state index in [1.54, 1.807) is 6.08 Å². The van der Waals surface area contributed by atoms with Gasteiger partial charge in [-0.25, -0.2) is 0 Å². The van der Waals surface area contributed by atoms with Gasteiger partial charge < -0.3 is 0 Å². The minimum Gasteiger partial charge on any atom is -0.295 e. The molecular weight excluding hydrogens is 404 g/mol. The molecule has 0 amide bonds. The standard InChI is InChI=1S/C31H40O2/c1-20(22-8-6-5-7-9-22)10-11-21(2)25-12-13-26-24-19-29(33)28-18-23(32)14-16-31(28,4)27(24)15-17-30(25,26)3/h5-9,18,21,24-27H,1,10-17,19H2,2-4H3/t21-,24+,25-,26+,27+,30-,31-/m1/s1. The first-order valence-electron chi connectivity index (χ1n) is 13.3. The van der Waals surface area contributed by atoms with Crippen molar-refractivity contribution in [3.05, 3.63) is 54.1 Å². The molecule has 5 rings (SSSR count). The smallest absolute Gasteiger partial charge is 0.159 e. The number of hydrogen-bond acceptors (Lipinski definition) is 2. The number of rotatable bonds is 5. The van der Waals surface area contributed by atoms with Crippen LogP contribution in [0.3, 0.4) is 0 Å². The molecule has 0 aromatic heterocycles. The summed E-state index contributed by atoms with van der Waals surface area (Å²) in [6.45, 7) is 11.7. The van der Waals surface area contributed by atoms with Crippen LogP contribution >= 0.6 is 0 Å². The highest BCUT2D eigenvalue weighted by molar-refractivity contribution is 6.05. The van der Waals surface area contributed by atoms with Crippen LogP contribution < -0.4 is 0 Å². The van der Waals surface area contributed by atoms with Gasteiger partial charge in [0.1, 0.15) is 0 Å². The topological polar surface area (TPSA) is 34.1 Å². The molecule has 33 heavy (non-hydrogen) atoms. The van der Waals surface area contributed by atoms with Crippen molar-refractivity contribution >= 4 is 17.1 Å². The third kappa shape index (κ3) is 3.69. The van der Waals surface area contributed by atoms with E-state index in [0.29, 0.717) is 41.9 Å². The molecule has 0 radical (unpaired) electrons. The summed E-state index contributed by atoms with van der Waals surface area (Å²) in [6.07, 6.45) is 11.2. The minimum absolute atomic E-state index is 0.0770. The Hall–Kier alpha value is -1.96. The number of Topliss-reactive ketones (excluding diaryl/α,β-unsaturated/α-hetero) is 1. The second-order valence-corrected chi connectivity index (χ2v) is 12.2. The van der Waals surface area contributed by atoms with Gasteiger partial charge in [0.15, 0.2) is 11.6 Å².